The fraction of sp³-hybridized carbons (Fsp3) is 0.300. The Morgan fingerprint density at radius 1 is 0.917 bits per heavy atom. The number of rotatable bonds is 9. The summed E-state index contributed by atoms with van der Waals surface area (Å²) in [5.41, 5.74) is 6.02. The monoisotopic (exact) mass is 483 g/mol. The molecule has 1 amide bonds. The lowest BCUT2D eigenvalue weighted by atomic mass is 9.99. The van der Waals surface area contributed by atoms with Gasteiger partial charge in [0.25, 0.3) is 5.91 Å². The van der Waals surface area contributed by atoms with Crippen molar-refractivity contribution in [3.05, 3.63) is 83.4 Å². The quantitative estimate of drug-likeness (QED) is 0.365. The number of nitrogens with zero attached hydrogens (tertiary/aromatic N) is 1. The standard InChI is InChI=1S/C30H33N3O3/c1-3-35-26-18-24-25(19-27(26)36-4-2)32-30(34)28(24)29(22-10-6-5-7-11-22)31-23-14-12-21(13-15-23)20-33-16-8-9-17-33/h5-7,10-15,18-19,31H,3-4,8-9,16-17,20H2,1-2H3,(H,32,34). The number of amides is 1. The zero-order chi connectivity index (χ0) is 24.9. The highest BCUT2D eigenvalue weighted by molar-refractivity contribution is 6.37. The molecular formula is C30H33N3O3. The Balaban J connectivity index is 1.53. The van der Waals surface area contributed by atoms with Crippen molar-refractivity contribution in [3.8, 4) is 11.5 Å². The van der Waals surface area contributed by atoms with E-state index >= 15 is 0 Å². The zero-order valence-electron chi connectivity index (χ0n) is 21.0. The molecule has 2 aliphatic rings. The maximum atomic E-state index is 13.3. The molecule has 6 nitrogen and oxygen atoms in total. The molecule has 0 radical (unpaired) electrons. The molecule has 0 unspecified atom stereocenters. The molecule has 0 aromatic heterocycles. The van der Waals surface area contributed by atoms with Crippen LogP contribution in [0, 0.1) is 0 Å². The van der Waals surface area contributed by atoms with Gasteiger partial charge in [-0.3, -0.25) is 9.69 Å². The molecule has 3 aromatic carbocycles. The Morgan fingerprint density at radius 2 is 1.58 bits per heavy atom. The van der Waals surface area contributed by atoms with Gasteiger partial charge < -0.3 is 20.1 Å². The first-order valence-corrected chi connectivity index (χ1v) is 12.8. The average molecular weight is 484 g/mol. The summed E-state index contributed by atoms with van der Waals surface area (Å²) in [7, 11) is 0. The summed E-state index contributed by atoms with van der Waals surface area (Å²) >= 11 is 0. The molecule has 0 atom stereocenters. The number of benzene rings is 3. The summed E-state index contributed by atoms with van der Waals surface area (Å²) in [6, 6.07) is 22.2. The van der Waals surface area contributed by atoms with Gasteiger partial charge in [0, 0.05) is 23.9 Å². The molecule has 0 aliphatic carbocycles. The lowest BCUT2D eigenvalue weighted by molar-refractivity contribution is -0.110. The van der Waals surface area contributed by atoms with E-state index in [1.165, 1.54) is 31.5 Å². The molecule has 36 heavy (non-hydrogen) atoms. The summed E-state index contributed by atoms with van der Waals surface area (Å²) in [5.74, 6) is 1.10. The molecule has 0 bridgehead atoms. The summed E-state index contributed by atoms with van der Waals surface area (Å²) in [6.45, 7) is 8.22. The van der Waals surface area contributed by atoms with Gasteiger partial charge in [-0.15, -0.1) is 0 Å². The predicted molar refractivity (Wildman–Crippen MR) is 145 cm³/mol. The van der Waals surface area contributed by atoms with Crippen LogP contribution >= 0.6 is 0 Å². The first kappa shape index (κ1) is 23.9. The number of hydrogen-bond donors (Lipinski definition) is 2. The van der Waals surface area contributed by atoms with Crippen LogP contribution in [0.1, 0.15) is 43.4 Å². The predicted octanol–water partition coefficient (Wildman–Crippen LogP) is 6.01. The van der Waals surface area contributed by atoms with Crippen LogP contribution in [0.25, 0.3) is 11.3 Å². The van der Waals surface area contributed by atoms with Gasteiger partial charge >= 0.3 is 0 Å². The van der Waals surface area contributed by atoms with E-state index in [0.717, 1.165) is 34.7 Å². The molecule has 2 heterocycles. The molecule has 0 spiro atoms. The van der Waals surface area contributed by atoms with Crippen molar-refractivity contribution in [2.75, 3.05) is 36.9 Å². The molecular weight excluding hydrogens is 450 g/mol. The highest BCUT2D eigenvalue weighted by Gasteiger charge is 2.30. The van der Waals surface area contributed by atoms with E-state index < -0.39 is 0 Å². The van der Waals surface area contributed by atoms with E-state index in [4.69, 9.17) is 9.47 Å². The van der Waals surface area contributed by atoms with Gasteiger partial charge in [0.05, 0.1) is 30.2 Å². The van der Waals surface area contributed by atoms with Crippen LogP contribution in [0.5, 0.6) is 11.5 Å². The van der Waals surface area contributed by atoms with Crippen molar-refractivity contribution in [1.29, 1.82) is 0 Å². The Morgan fingerprint density at radius 3 is 2.25 bits per heavy atom. The second-order valence-electron chi connectivity index (χ2n) is 9.09. The summed E-state index contributed by atoms with van der Waals surface area (Å²) in [6.07, 6.45) is 2.57. The van der Waals surface area contributed by atoms with Crippen LogP contribution in [0.3, 0.4) is 0 Å². The number of anilines is 2. The van der Waals surface area contributed by atoms with E-state index in [2.05, 4.69) is 39.8 Å². The molecule has 1 saturated heterocycles. The number of likely N-dealkylation sites (tertiary alicyclic amines) is 1. The minimum atomic E-state index is -0.155. The minimum Gasteiger partial charge on any atom is -0.490 e. The Kier molecular flexibility index (Phi) is 7.23. The van der Waals surface area contributed by atoms with E-state index in [9.17, 15) is 4.79 Å². The van der Waals surface area contributed by atoms with Gasteiger partial charge in [-0.25, -0.2) is 0 Å². The van der Waals surface area contributed by atoms with Crippen molar-refractivity contribution in [3.63, 3.8) is 0 Å². The van der Waals surface area contributed by atoms with E-state index in [1.807, 2.05) is 56.3 Å². The van der Waals surface area contributed by atoms with Crippen LogP contribution in [0.4, 0.5) is 11.4 Å². The molecule has 5 rings (SSSR count). The Hall–Kier alpha value is -3.77. The minimum absolute atomic E-state index is 0.155. The fourth-order valence-corrected chi connectivity index (χ4v) is 4.88. The highest BCUT2D eigenvalue weighted by Crippen LogP contribution is 2.43. The Bertz CT molecular complexity index is 1250. The average Bonchev–Trinajstić information content (AvgIpc) is 3.51. The molecule has 3 aromatic rings. The van der Waals surface area contributed by atoms with E-state index in [-0.39, 0.29) is 5.91 Å². The molecule has 2 aliphatic heterocycles. The van der Waals surface area contributed by atoms with Crippen LogP contribution < -0.4 is 20.1 Å². The molecule has 186 valence electrons. The number of hydrogen-bond acceptors (Lipinski definition) is 5. The lowest BCUT2D eigenvalue weighted by Crippen LogP contribution is -2.18. The second kappa shape index (κ2) is 10.9. The molecule has 6 heteroatoms. The third-order valence-electron chi connectivity index (χ3n) is 6.57. The van der Waals surface area contributed by atoms with Crippen molar-refractivity contribution in [1.82, 2.24) is 4.90 Å². The number of carbonyl (C=O) groups is 1. The van der Waals surface area contributed by atoms with Crippen molar-refractivity contribution in [2.24, 2.45) is 0 Å². The largest absolute Gasteiger partial charge is 0.490 e. The molecule has 1 fully saturated rings. The number of carbonyl (C=O) groups excluding carboxylic acids is 1. The molecule has 2 N–H and O–H groups in total. The van der Waals surface area contributed by atoms with Gasteiger partial charge in [0.1, 0.15) is 0 Å². The summed E-state index contributed by atoms with van der Waals surface area (Å²) < 4.78 is 11.6. The van der Waals surface area contributed by atoms with Crippen LogP contribution in [0.15, 0.2) is 66.7 Å². The fourth-order valence-electron chi connectivity index (χ4n) is 4.88. The summed E-state index contributed by atoms with van der Waals surface area (Å²) in [5, 5.41) is 6.58. The van der Waals surface area contributed by atoms with Crippen molar-refractivity contribution >= 4 is 28.6 Å². The summed E-state index contributed by atoms with van der Waals surface area (Å²) in [4.78, 5) is 15.8. The topological polar surface area (TPSA) is 62.8 Å². The zero-order valence-corrected chi connectivity index (χ0v) is 21.0. The highest BCUT2D eigenvalue weighted by atomic mass is 16.5. The lowest BCUT2D eigenvalue weighted by Gasteiger charge is -2.17. The van der Waals surface area contributed by atoms with Crippen LogP contribution in [0.2, 0.25) is 0 Å². The first-order chi connectivity index (χ1) is 17.7. The van der Waals surface area contributed by atoms with E-state index in [0.29, 0.717) is 30.3 Å². The van der Waals surface area contributed by atoms with Gasteiger partial charge in [0.2, 0.25) is 0 Å². The van der Waals surface area contributed by atoms with Crippen molar-refractivity contribution < 1.29 is 14.3 Å². The first-order valence-electron chi connectivity index (χ1n) is 12.8. The number of ether oxygens (including phenoxy) is 2. The van der Waals surface area contributed by atoms with Crippen LogP contribution in [-0.2, 0) is 11.3 Å². The Labute approximate surface area is 212 Å². The second-order valence-corrected chi connectivity index (χ2v) is 9.09. The normalized spacial score (nSPS) is 16.4. The number of nitrogens with one attached hydrogen (secondary N) is 2. The van der Waals surface area contributed by atoms with Gasteiger partial charge in [-0.2, -0.15) is 0 Å². The van der Waals surface area contributed by atoms with Crippen LogP contribution in [-0.4, -0.2) is 37.1 Å². The molecule has 0 saturated carbocycles. The maximum Gasteiger partial charge on any atom is 0.258 e. The smallest absolute Gasteiger partial charge is 0.258 e. The van der Waals surface area contributed by atoms with Gasteiger partial charge in [0.15, 0.2) is 11.5 Å². The number of fused-ring (bicyclic) bond motifs is 1. The third kappa shape index (κ3) is 5.09. The van der Waals surface area contributed by atoms with E-state index in [1.54, 1.807) is 0 Å². The maximum absolute atomic E-state index is 13.3. The van der Waals surface area contributed by atoms with Gasteiger partial charge in [-0.05, 0) is 69.1 Å². The SMILES string of the molecule is CCOc1cc2c(cc1OCC)C(=C(Nc1ccc(CN3CCCC3)cc1)c1ccccc1)C(=O)N2. The van der Waals surface area contributed by atoms with Gasteiger partial charge in [-0.1, -0.05) is 42.5 Å². The third-order valence-corrected chi connectivity index (χ3v) is 6.57. The van der Waals surface area contributed by atoms with Crippen molar-refractivity contribution in [2.45, 2.75) is 33.2 Å².